The van der Waals surface area contributed by atoms with Crippen molar-refractivity contribution in [3.63, 3.8) is 0 Å². The molecule has 0 bridgehead atoms. The zero-order chi connectivity index (χ0) is 27.5. The highest BCUT2D eigenvalue weighted by atomic mass is 16.5. The number of aromatic nitrogens is 2. The molecule has 39 heavy (non-hydrogen) atoms. The fourth-order valence-electron chi connectivity index (χ4n) is 4.16. The van der Waals surface area contributed by atoms with Crippen molar-refractivity contribution >= 4 is 28.3 Å². The molecule has 1 amide bonds. The molecule has 3 aromatic rings. The Kier molecular flexibility index (Phi) is 10.6. The maximum absolute atomic E-state index is 12.9. The van der Waals surface area contributed by atoms with Crippen molar-refractivity contribution in [1.82, 2.24) is 14.9 Å². The van der Waals surface area contributed by atoms with Gasteiger partial charge in [0, 0.05) is 57.4 Å². The van der Waals surface area contributed by atoms with E-state index in [1.165, 1.54) is 12.8 Å². The van der Waals surface area contributed by atoms with Gasteiger partial charge in [-0.05, 0) is 37.3 Å². The van der Waals surface area contributed by atoms with Gasteiger partial charge >= 0.3 is 0 Å². The van der Waals surface area contributed by atoms with Gasteiger partial charge in [0.05, 0.1) is 31.0 Å². The average Bonchev–Trinajstić information content (AvgIpc) is 3.78. The second-order valence-electron chi connectivity index (χ2n) is 9.80. The molecule has 0 saturated heterocycles. The molecule has 208 valence electrons. The van der Waals surface area contributed by atoms with E-state index in [9.17, 15) is 4.79 Å². The Labute approximate surface area is 230 Å². The number of carbonyl (C=O) groups is 1. The molecule has 0 spiro atoms. The van der Waals surface area contributed by atoms with Crippen LogP contribution in [0.5, 0.6) is 5.75 Å². The average molecular weight is 534 g/mol. The summed E-state index contributed by atoms with van der Waals surface area (Å²) in [4.78, 5) is 24.1. The minimum Gasteiger partial charge on any atom is -0.491 e. The molecule has 0 aliphatic heterocycles. The second-order valence-corrected chi connectivity index (χ2v) is 9.80. The first kappa shape index (κ1) is 28.5. The summed E-state index contributed by atoms with van der Waals surface area (Å²) in [7, 11) is 3.36. The summed E-state index contributed by atoms with van der Waals surface area (Å²) in [5.74, 6) is 1.65. The molecule has 0 unspecified atom stereocenters. The van der Waals surface area contributed by atoms with Crippen molar-refractivity contribution in [2.45, 2.75) is 25.8 Å². The minimum atomic E-state index is -0.229. The van der Waals surface area contributed by atoms with E-state index in [2.05, 4.69) is 44.6 Å². The molecule has 1 aromatic heterocycles. The van der Waals surface area contributed by atoms with Crippen molar-refractivity contribution in [3.05, 3.63) is 66.5 Å². The van der Waals surface area contributed by atoms with Gasteiger partial charge in [-0.2, -0.15) is 0 Å². The molecule has 9 heteroatoms. The van der Waals surface area contributed by atoms with Gasteiger partial charge in [-0.25, -0.2) is 9.97 Å². The standard InChI is InChI=1S/C30H39N5O4/c1-22(24-8-5-4-6-9-24)33-30-25-18-27(28(39-20-23-11-12-23)19-26(25)31-21-32-30)34-29(36)10-7-13-35(14-16-37-2)15-17-38-3/h4-10,18-19,21-23H,11-17,20H2,1-3H3,(H,34,36)(H,31,32,33)/t22-/m1/s1. The van der Waals surface area contributed by atoms with Crippen LogP contribution in [0.25, 0.3) is 10.9 Å². The third kappa shape index (κ3) is 8.74. The van der Waals surface area contributed by atoms with Crippen molar-refractivity contribution in [1.29, 1.82) is 0 Å². The van der Waals surface area contributed by atoms with Gasteiger partial charge in [0.1, 0.15) is 17.9 Å². The molecule has 1 aliphatic rings. The summed E-state index contributed by atoms with van der Waals surface area (Å²) in [6.45, 7) is 6.07. The highest BCUT2D eigenvalue weighted by molar-refractivity contribution is 6.03. The summed E-state index contributed by atoms with van der Waals surface area (Å²) in [5, 5.41) is 7.32. The third-order valence-corrected chi connectivity index (χ3v) is 6.67. The minimum absolute atomic E-state index is 0.0372. The van der Waals surface area contributed by atoms with Gasteiger partial charge in [0.2, 0.25) is 5.91 Å². The highest BCUT2D eigenvalue weighted by Gasteiger charge is 2.23. The number of ether oxygens (including phenoxy) is 3. The Balaban J connectivity index is 1.52. The van der Waals surface area contributed by atoms with E-state index in [1.54, 1.807) is 26.6 Å². The predicted molar refractivity (Wildman–Crippen MR) is 154 cm³/mol. The number of anilines is 2. The van der Waals surface area contributed by atoms with Gasteiger partial charge in [0.15, 0.2) is 0 Å². The van der Waals surface area contributed by atoms with E-state index >= 15 is 0 Å². The van der Waals surface area contributed by atoms with E-state index in [0.717, 1.165) is 29.6 Å². The van der Waals surface area contributed by atoms with Crippen LogP contribution >= 0.6 is 0 Å². The van der Waals surface area contributed by atoms with E-state index in [1.807, 2.05) is 36.4 Å². The quantitative estimate of drug-likeness (QED) is 0.256. The Morgan fingerprint density at radius 1 is 1.10 bits per heavy atom. The molecular weight excluding hydrogens is 494 g/mol. The molecule has 4 rings (SSSR count). The van der Waals surface area contributed by atoms with Crippen LogP contribution in [-0.4, -0.2) is 74.4 Å². The molecule has 1 fully saturated rings. The molecular formula is C30H39N5O4. The molecule has 9 nitrogen and oxygen atoms in total. The monoisotopic (exact) mass is 533 g/mol. The van der Waals surface area contributed by atoms with E-state index in [-0.39, 0.29) is 11.9 Å². The fraction of sp³-hybridized carbons (Fsp3) is 0.433. The summed E-state index contributed by atoms with van der Waals surface area (Å²) >= 11 is 0. The fourth-order valence-corrected chi connectivity index (χ4v) is 4.16. The Morgan fingerprint density at radius 3 is 2.54 bits per heavy atom. The topological polar surface area (TPSA) is 97.8 Å². The van der Waals surface area contributed by atoms with E-state index in [4.69, 9.17) is 14.2 Å². The molecule has 1 aliphatic carbocycles. The zero-order valence-corrected chi connectivity index (χ0v) is 23.1. The summed E-state index contributed by atoms with van der Waals surface area (Å²) < 4.78 is 16.5. The lowest BCUT2D eigenvalue weighted by Crippen LogP contribution is -2.31. The zero-order valence-electron chi connectivity index (χ0n) is 23.1. The number of benzene rings is 2. The lowest BCUT2D eigenvalue weighted by molar-refractivity contribution is -0.111. The van der Waals surface area contributed by atoms with Gasteiger partial charge in [-0.15, -0.1) is 0 Å². The lowest BCUT2D eigenvalue weighted by atomic mass is 10.1. The smallest absolute Gasteiger partial charge is 0.248 e. The van der Waals surface area contributed by atoms with Crippen LogP contribution in [0.15, 0.2) is 60.9 Å². The second kappa shape index (κ2) is 14.6. The number of rotatable bonds is 16. The number of hydrogen-bond acceptors (Lipinski definition) is 8. The summed E-state index contributed by atoms with van der Waals surface area (Å²) in [6.07, 6.45) is 7.30. The van der Waals surface area contributed by atoms with Crippen molar-refractivity contribution < 1.29 is 19.0 Å². The van der Waals surface area contributed by atoms with Gasteiger partial charge in [0.25, 0.3) is 0 Å². The summed E-state index contributed by atoms with van der Waals surface area (Å²) in [6, 6.07) is 14.0. The molecule has 1 heterocycles. The molecule has 0 radical (unpaired) electrons. The largest absolute Gasteiger partial charge is 0.491 e. The van der Waals surface area contributed by atoms with Crippen molar-refractivity contribution in [2.24, 2.45) is 5.92 Å². The number of fused-ring (bicyclic) bond motifs is 1. The number of methoxy groups -OCH3 is 2. The number of nitrogens with zero attached hydrogens (tertiary/aromatic N) is 3. The number of carbonyl (C=O) groups excluding carboxylic acids is 1. The van der Waals surface area contributed by atoms with Gasteiger partial charge in [-0.1, -0.05) is 36.4 Å². The van der Waals surface area contributed by atoms with Crippen molar-refractivity contribution in [2.75, 3.05) is 64.3 Å². The van der Waals surface area contributed by atoms with Crippen LogP contribution in [0.1, 0.15) is 31.4 Å². The Bertz CT molecular complexity index is 1220. The SMILES string of the molecule is COCCN(CC=CC(=O)Nc1cc2c(N[C@H](C)c3ccccc3)ncnc2cc1OCC1CC1)CCOC. The van der Waals surface area contributed by atoms with Crippen LogP contribution in [0, 0.1) is 5.92 Å². The first-order valence-corrected chi connectivity index (χ1v) is 13.5. The Morgan fingerprint density at radius 2 is 1.85 bits per heavy atom. The Hall–Kier alpha value is -3.53. The van der Waals surface area contributed by atoms with E-state index < -0.39 is 0 Å². The first-order chi connectivity index (χ1) is 19.1. The number of nitrogens with one attached hydrogen (secondary N) is 2. The van der Waals surface area contributed by atoms with E-state index in [0.29, 0.717) is 49.5 Å². The van der Waals surface area contributed by atoms with Crippen LogP contribution < -0.4 is 15.4 Å². The van der Waals surface area contributed by atoms with Crippen LogP contribution in [0.2, 0.25) is 0 Å². The lowest BCUT2D eigenvalue weighted by Gasteiger charge is -2.19. The number of amides is 1. The van der Waals surface area contributed by atoms with Crippen LogP contribution in [-0.2, 0) is 14.3 Å². The molecule has 1 atom stereocenters. The summed E-state index contributed by atoms with van der Waals surface area (Å²) in [5.41, 5.74) is 2.50. The molecule has 2 N–H and O–H groups in total. The molecule has 1 saturated carbocycles. The maximum Gasteiger partial charge on any atom is 0.248 e. The van der Waals surface area contributed by atoms with Crippen LogP contribution in [0.4, 0.5) is 11.5 Å². The normalized spacial score (nSPS) is 14.2. The maximum atomic E-state index is 12.9. The van der Waals surface area contributed by atoms with Crippen LogP contribution in [0.3, 0.4) is 0 Å². The molecule has 2 aromatic carbocycles. The predicted octanol–water partition coefficient (Wildman–Crippen LogP) is 4.68. The first-order valence-electron chi connectivity index (χ1n) is 13.5. The third-order valence-electron chi connectivity index (χ3n) is 6.67. The number of hydrogen-bond donors (Lipinski definition) is 2. The van der Waals surface area contributed by atoms with Crippen molar-refractivity contribution in [3.8, 4) is 5.75 Å². The van der Waals surface area contributed by atoms with Gasteiger partial charge < -0.3 is 24.8 Å². The van der Waals surface area contributed by atoms with Gasteiger partial charge in [-0.3, -0.25) is 9.69 Å². The highest BCUT2D eigenvalue weighted by Crippen LogP contribution is 2.36.